The van der Waals surface area contributed by atoms with Crippen LogP contribution in [0, 0.1) is 6.92 Å². The van der Waals surface area contributed by atoms with Gasteiger partial charge in [0.2, 0.25) is 11.8 Å². The van der Waals surface area contributed by atoms with Gasteiger partial charge < -0.3 is 21.3 Å². The lowest BCUT2D eigenvalue weighted by atomic mass is 10.2. The number of hydrogen-bond acceptors (Lipinski definition) is 8. The summed E-state index contributed by atoms with van der Waals surface area (Å²) in [5.74, 6) is -0.0741. The van der Waals surface area contributed by atoms with Crippen molar-refractivity contribution in [3.8, 4) is 0 Å². The highest BCUT2D eigenvalue weighted by atomic mass is 32.2. The average molecular weight is 405 g/mol. The highest BCUT2D eigenvalue weighted by Crippen LogP contribution is 2.18. The first-order valence-corrected chi connectivity index (χ1v) is 8.83. The zero-order chi connectivity index (χ0) is 21.6. The van der Waals surface area contributed by atoms with Gasteiger partial charge in [0.05, 0.1) is 24.1 Å². The lowest BCUT2D eigenvalue weighted by Gasteiger charge is -2.11. The molecule has 0 radical (unpaired) electrons. The normalized spacial score (nSPS) is 11.8. The summed E-state index contributed by atoms with van der Waals surface area (Å²) in [7, 11) is 6.74. The maximum atomic E-state index is 10.6. The van der Waals surface area contributed by atoms with E-state index in [9.17, 15) is 9.59 Å². The van der Waals surface area contributed by atoms with Crippen LogP contribution in [0.15, 0.2) is 29.2 Å². The van der Waals surface area contributed by atoms with Crippen LogP contribution in [-0.2, 0) is 19.0 Å². The van der Waals surface area contributed by atoms with E-state index in [4.69, 9.17) is 16.7 Å². The van der Waals surface area contributed by atoms with Crippen LogP contribution in [0.2, 0.25) is 0 Å². The molecule has 27 heavy (non-hydrogen) atoms. The van der Waals surface area contributed by atoms with Crippen molar-refractivity contribution in [2.75, 3.05) is 28.2 Å². The Morgan fingerprint density at radius 1 is 0.963 bits per heavy atom. The number of carbonyl (C=O) groups excluding carboxylic acids is 2. The second kappa shape index (κ2) is 15.4. The van der Waals surface area contributed by atoms with Gasteiger partial charge in [-0.2, -0.15) is 0 Å². The number of hydrogen-bond donors (Lipinski definition) is 3. The number of benzene rings is 1. The lowest BCUT2D eigenvalue weighted by Crippen LogP contribution is -2.37. The number of likely N-dealkylation sites (N-methyl/N-ethyl adjacent to an activating group) is 2. The first kappa shape index (κ1) is 27.5. The summed E-state index contributed by atoms with van der Waals surface area (Å²) in [6.07, 6.45) is 0. The molecule has 2 amide bonds. The summed E-state index contributed by atoms with van der Waals surface area (Å²) in [5, 5.41) is 11.3. The summed E-state index contributed by atoms with van der Waals surface area (Å²) in [6, 6.07) is 6.90. The largest absolute Gasteiger partial charge is 0.347 e. The van der Waals surface area contributed by atoms with E-state index in [1.807, 2.05) is 31.2 Å². The Hall–Kier alpha value is -1.69. The fourth-order valence-electron chi connectivity index (χ4n) is 1.46. The van der Waals surface area contributed by atoms with Crippen LogP contribution in [0.4, 0.5) is 0 Å². The minimum atomic E-state index is -0.370. The molecule has 0 heterocycles. The molecule has 1 aromatic carbocycles. The third kappa shape index (κ3) is 15.1. The second-order valence-corrected chi connectivity index (χ2v) is 6.86. The first-order chi connectivity index (χ1) is 12.4. The van der Waals surface area contributed by atoms with Crippen LogP contribution in [0.3, 0.4) is 0 Å². The zero-order valence-corrected chi connectivity index (χ0v) is 17.8. The number of amides is 2. The minimum Gasteiger partial charge on any atom is -0.347 e. The molecule has 0 aliphatic heterocycles. The van der Waals surface area contributed by atoms with Gasteiger partial charge in [-0.25, -0.2) is 5.26 Å². The zero-order valence-electron chi connectivity index (χ0n) is 17.0. The molecule has 0 saturated heterocycles. The molecule has 156 valence electrons. The van der Waals surface area contributed by atoms with Gasteiger partial charge >= 0.3 is 0 Å². The van der Waals surface area contributed by atoms with E-state index < -0.39 is 0 Å². The molecule has 0 aromatic heterocycles. The van der Waals surface area contributed by atoms with Crippen LogP contribution in [0.25, 0.3) is 0 Å². The number of nitrogens with two attached hydrogens (primary N) is 2. The molecule has 0 saturated carbocycles. The second-order valence-electron chi connectivity index (χ2n) is 6.08. The molecule has 2 atom stereocenters. The van der Waals surface area contributed by atoms with E-state index in [0.29, 0.717) is 0 Å². The number of aryl methyl sites for hydroxylation is 1. The van der Waals surface area contributed by atoms with E-state index in [1.165, 1.54) is 15.4 Å². The lowest BCUT2D eigenvalue weighted by molar-refractivity contribution is -0.432. The van der Waals surface area contributed by atoms with Crippen molar-refractivity contribution < 1.29 is 24.2 Å². The predicted molar refractivity (Wildman–Crippen MR) is 107 cm³/mol. The van der Waals surface area contributed by atoms with Crippen molar-refractivity contribution in [2.24, 2.45) is 11.5 Å². The molecule has 0 fully saturated rings. The molecular weight excluding hydrogens is 372 g/mol. The molecule has 0 bridgehead atoms. The smallest absolute Gasteiger partial charge is 0.238 e. The van der Waals surface area contributed by atoms with Gasteiger partial charge in [-0.15, -0.1) is 4.33 Å². The van der Waals surface area contributed by atoms with Gasteiger partial charge in [-0.3, -0.25) is 9.59 Å². The Kier molecular flexibility index (Phi) is 15.7. The highest BCUT2D eigenvalue weighted by Gasteiger charge is 2.08. The van der Waals surface area contributed by atoms with E-state index >= 15 is 0 Å². The van der Waals surface area contributed by atoms with Crippen molar-refractivity contribution in [3.63, 3.8) is 0 Å². The predicted octanol–water partition coefficient (Wildman–Crippen LogP) is 1.27. The van der Waals surface area contributed by atoms with Gasteiger partial charge in [0.1, 0.15) is 0 Å². The Morgan fingerprint density at radius 3 is 1.56 bits per heavy atom. The van der Waals surface area contributed by atoms with E-state index in [0.717, 1.165) is 16.9 Å². The summed E-state index contributed by atoms with van der Waals surface area (Å²) in [5.41, 5.74) is 11.7. The highest BCUT2D eigenvalue weighted by molar-refractivity contribution is 7.94. The van der Waals surface area contributed by atoms with Crippen molar-refractivity contribution >= 4 is 23.9 Å². The van der Waals surface area contributed by atoms with Crippen LogP contribution < -0.4 is 11.5 Å². The SMILES string of the molecule is C[C@@H](N)C(=O)N(C)C.C[C@@H](N)C(=O)N(C)C.Cc1ccc(SOOO)cc1. The average Bonchev–Trinajstić information content (AvgIpc) is 2.60. The van der Waals surface area contributed by atoms with Gasteiger partial charge in [0.25, 0.3) is 0 Å². The van der Waals surface area contributed by atoms with Gasteiger partial charge in [0, 0.05) is 33.1 Å². The molecule has 1 aromatic rings. The van der Waals surface area contributed by atoms with Gasteiger partial charge in [-0.05, 0) is 32.9 Å². The monoisotopic (exact) mass is 404 g/mol. The number of rotatable bonds is 5. The maximum absolute atomic E-state index is 10.6. The van der Waals surface area contributed by atoms with Crippen LogP contribution in [0.5, 0.6) is 0 Å². The van der Waals surface area contributed by atoms with Crippen molar-refractivity contribution in [3.05, 3.63) is 29.8 Å². The third-order valence-electron chi connectivity index (χ3n) is 2.84. The Morgan fingerprint density at radius 2 is 1.33 bits per heavy atom. The summed E-state index contributed by atoms with van der Waals surface area (Å²) in [4.78, 5) is 25.1. The standard InChI is InChI=1S/C7H8O3S.2C5H12N2O/c1-6-2-4-7(5-3-6)11-10-9-8;2*1-4(6)5(8)7(2)3/h2-5,8H,1H3;2*4H,6H2,1-3H3/t;2*4-/m.11/s1. The topological polar surface area (TPSA) is 131 Å². The Labute approximate surface area is 165 Å². The fourth-order valence-corrected chi connectivity index (χ4v) is 1.82. The molecule has 9 nitrogen and oxygen atoms in total. The molecule has 0 aliphatic rings. The van der Waals surface area contributed by atoms with Crippen molar-refractivity contribution in [2.45, 2.75) is 37.8 Å². The minimum absolute atomic E-state index is 0.0370. The van der Waals surface area contributed by atoms with E-state index in [-0.39, 0.29) is 23.9 Å². The maximum Gasteiger partial charge on any atom is 0.238 e. The first-order valence-electron chi connectivity index (χ1n) is 8.08. The molecule has 0 unspecified atom stereocenters. The molecule has 5 N–H and O–H groups in total. The quantitative estimate of drug-likeness (QED) is 0.380. The molecule has 10 heteroatoms. The number of nitrogens with zero attached hydrogens (tertiary/aromatic N) is 2. The van der Waals surface area contributed by atoms with Crippen molar-refractivity contribution in [1.29, 1.82) is 0 Å². The van der Waals surface area contributed by atoms with Gasteiger partial charge in [-0.1, -0.05) is 22.7 Å². The van der Waals surface area contributed by atoms with Crippen LogP contribution >= 0.6 is 12.0 Å². The molecule has 0 spiro atoms. The van der Waals surface area contributed by atoms with Crippen molar-refractivity contribution in [1.82, 2.24) is 9.80 Å². The summed E-state index contributed by atoms with van der Waals surface area (Å²) >= 11 is 0.957. The summed E-state index contributed by atoms with van der Waals surface area (Å²) < 4.78 is 4.23. The molecular formula is C17H32N4O5S. The Balaban J connectivity index is 0. The fraction of sp³-hybridized carbons (Fsp3) is 0.529. The van der Waals surface area contributed by atoms with E-state index in [2.05, 4.69) is 9.37 Å². The molecule has 1 rings (SSSR count). The Bertz CT molecular complexity index is 493. The molecule has 0 aliphatic carbocycles. The number of carbonyl (C=O) groups is 2. The van der Waals surface area contributed by atoms with E-state index in [1.54, 1.807) is 42.0 Å². The summed E-state index contributed by atoms with van der Waals surface area (Å²) in [6.45, 7) is 5.34. The van der Waals surface area contributed by atoms with Crippen LogP contribution in [-0.4, -0.2) is 67.1 Å². The van der Waals surface area contributed by atoms with Gasteiger partial charge in [0.15, 0.2) is 0 Å². The van der Waals surface area contributed by atoms with Crippen LogP contribution in [0.1, 0.15) is 19.4 Å². The third-order valence-corrected chi connectivity index (χ3v) is 3.44.